The molecular formula is C28H46O2. The van der Waals surface area contributed by atoms with Crippen LogP contribution in [0.1, 0.15) is 97.8 Å². The summed E-state index contributed by atoms with van der Waals surface area (Å²) >= 11 is 0. The van der Waals surface area contributed by atoms with Crippen LogP contribution in [0.4, 0.5) is 0 Å². The summed E-state index contributed by atoms with van der Waals surface area (Å²) in [6, 6.07) is 0. The van der Waals surface area contributed by atoms with Crippen molar-refractivity contribution in [3.05, 3.63) is 60.8 Å². The molecule has 0 aromatic carbocycles. The normalized spacial score (nSPS) is 12.7. The Bertz CT molecular complexity index is 521. The Balaban J connectivity index is 3.41. The molecule has 0 amide bonds. The molecule has 2 nitrogen and oxygen atoms in total. The van der Waals surface area contributed by atoms with Crippen molar-refractivity contribution in [2.75, 3.05) is 6.61 Å². The molecule has 170 valence electrons. The van der Waals surface area contributed by atoms with Gasteiger partial charge < -0.3 is 4.74 Å². The zero-order chi connectivity index (χ0) is 22.1. The number of carbonyl (C=O) groups excluding carboxylic acids is 1. The Morgan fingerprint density at radius 2 is 0.933 bits per heavy atom. The number of ether oxygens (including phenoxy) is 1. The van der Waals surface area contributed by atoms with Gasteiger partial charge in [0.25, 0.3) is 0 Å². The average Bonchev–Trinajstić information content (AvgIpc) is 2.74. The first kappa shape index (κ1) is 28.2. The van der Waals surface area contributed by atoms with Gasteiger partial charge >= 0.3 is 5.97 Å². The minimum absolute atomic E-state index is 0.0299. The Morgan fingerprint density at radius 1 is 0.600 bits per heavy atom. The van der Waals surface area contributed by atoms with Gasteiger partial charge in [0.1, 0.15) is 0 Å². The predicted octanol–water partition coefficient (Wildman–Crippen LogP) is 8.67. The van der Waals surface area contributed by atoms with E-state index in [1.54, 1.807) is 0 Å². The number of rotatable bonds is 19. The van der Waals surface area contributed by atoms with Gasteiger partial charge in [0.05, 0.1) is 12.5 Å². The van der Waals surface area contributed by atoms with Gasteiger partial charge in [0, 0.05) is 0 Å². The summed E-state index contributed by atoms with van der Waals surface area (Å²) in [6.07, 6.45) is 36.2. The minimum Gasteiger partial charge on any atom is -0.465 e. The molecule has 0 bridgehead atoms. The first-order valence-corrected chi connectivity index (χ1v) is 12.1. The lowest BCUT2D eigenvalue weighted by molar-refractivity contribution is -0.147. The lowest BCUT2D eigenvalue weighted by atomic mass is 10.2. The van der Waals surface area contributed by atoms with Crippen molar-refractivity contribution >= 4 is 5.97 Å². The first-order valence-electron chi connectivity index (χ1n) is 12.1. The van der Waals surface area contributed by atoms with Gasteiger partial charge in [-0.1, -0.05) is 88.0 Å². The van der Waals surface area contributed by atoms with Crippen LogP contribution in [-0.2, 0) is 9.53 Å². The fourth-order valence-electron chi connectivity index (χ4n) is 2.66. The van der Waals surface area contributed by atoms with Gasteiger partial charge in [-0.3, -0.25) is 4.79 Å². The lowest BCUT2D eigenvalue weighted by Crippen LogP contribution is -2.12. The van der Waals surface area contributed by atoms with Gasteiger partial charge in [-0.25, -0.2) is 0 Å². The SMILES string of the molecule is CCC/C=C\CC/C=C\CC/C=C\CC/C=C\CC/C=C\CCCOC(=O)C(C)C. The summed E-state index contributed by atoms with van der Waals surface area (Å²) in [4.78, 5) is 11.3. The molecule has 0 spiro atoms. The second kappa shape index (κ2) is 23.4. The van der Waals surface area contributed by atoms with Gasteiger partial charge in [-0.05, 0) is 70.6 Å². The maximum absolute atomic E-state index is 11.3. The van der Waals surface area contributed by atoms with Gasteiger partial charge in [0.2, 0.25) is 0 Å². The first-order chi connectivity index (χ1) is 14.7. The number of hydrogen-bond donors (Lipinski definition) is 0. The van der Waals surface area contributed by atoms with Crippen LogP contribution >= 0.6 is 0 Å². The molecule has 0 unspecified atom stereocenters. The highest BCUT2D eigenvalue weighted by Gasteiger charge is 2.06. The molecule has 0 radical (unpaired) electrons. The van der Waals surface area contributed by atoms with Gasteiger partial charge in [-0.15, -0.1) is 0 Å². The van der Waals surface area contributed by atoms with Crippen LogP contribution < -0.4 is 0 Å². The van der Waals surface area contributed by atoms with E-state index < -0.39 is 0 Å². The number of unbranched alkanes of at least 4 members (excludes halogenated alkanes) is 6. The summed E-state index contributed by atoms with van der Waals surface area (Å²) in [5, 5.41) is 0. The van der Waals surface area contributed by atoms with Crippen LogP contribution in [0.25, 0.3) is 0 Å². The van der Waals surface area contributed by atoms with Crippen molar-refractivity contribution in [2.24, 2.45) is 5.92 Å². The Labute approximate surface area is 186 Å². The molecule has 30 heavy (non-hydrogen) atoms. The van der Waals surface area contributed by atoms with Crippen molar-refractivity contribution in [2.45, 2.75) is 97.8 Å². The highest BCUT2D eigenvalue weighted by atomic mass is 16.5. The summed E-state index contributed by atoms with van der Waals surface area (Å²) in [7, 11) is 0. The average molecular weight is 415 g/mol. The highest BCUT2D eigenvalue weighted by Crippen LogP contribution is 2.03. The zero-order valence-corrected chi connectivity index (χ0v) is 19.9. The fourth-order valence-corrected chi connectivity index (χ4v) is 2.66. The fraction of sp³-hybridized carbons (Fsp3) is 0.607. The predicted molar refractivity (Wildman–Crippen MR) is 133 cm³/mol. The molecule has 0 N–H and O–H groups in total. The van der Waals surface area contributed by atoms with Crippen molar-refractivity contribution < 1.29 is 9.53 Å². The third kappa shape index (κ3) is 22.5. The van der Waals surface area contributed by atoms with Crippen molar-refractivity contribution in [3.63, 3.8) is 0 Å². The Morgan fingerprint density at radius 3 is 1.27 bits per heavy atom. The third-order valence-corrected chi connectivity index (χ3v) is 4.52. The maximum Gasteiger partial charge on any atom is 0.308 e. The van der Waals surface area contributed by atoms with Crippen LogP contribution in [0.2, 0.25) is 0 Å². The third-order valence-electron chi connectivity index (χ3n) is 4.52. The van der Waals surface area contributed by atoms with E-state index in [-0.39, 0.29) is 11.9 Å². The Kier molecular flexibility index (Phi) is 22.0. The molecule has 0 rings (SSSR count). The molecular weight excluding hydrogens is 368 g/mol. The van der Waals surface area contributed by atoms with Crippen molar-refractivity contribution in [1.29, 1.82) is 0 Å². The zero-order valence-electron chi connectivity index (χ0n) is 19.9. The van der Waals surface area contributed by atoms with E-state index >= 15 is 0 Å². The standard InChI is InChI=1S/C28H46O2/c1-4-5-6-7-8-9-10-11-12-13-14-15-16-17-18-19-20-21-22-23-24-25-26-30-28(29)27(2)3/h6-7,10-11,14-15,18-19,22-23,27H,4-5,8-9,12-13,16-17,20-21,24-26H2,1-3H3/b7-6-,11-10-,15-14-,19-18-,23-22-. The van der Waals surface area contributed by atoms with E-state index in [2.05, 4.69) is 67.7 Å². The smallest absolute Gasteiger partial charge is 0.308 e. The topological polar surface area (TPSA) is 26.3 Å². The molecule has 0 heterocycles. The van der Waals surface area contributed by atoms with Crippen LogP contribution in [-0.4, -0.2) is 12.6 Å². The summed E-state index contributed by atoms with van der Waals surface area (Å²) < 4.78 is 5.15. The van der Waals surface area contributed by atoms with E-state index in [0.29, 0.717) is 6.61 Å². The molecule has 2 heteroatoms. The molecule has 0 fully saturated rings. The van der Waals surface area contributed by atoms with Gasteiger partial charge in [0.15, 0.2) is 0 Å². The number of allylic oxidation sites excluding steroid dienone is 10. The molecule has 0 saturated carbocycles. The van der Waals surface area contributed by atoms with E-state index in [4.69, 9.17) is 4.74 Å². The van der Waals surface area contributed by atoms with Crippen LogP contribution in [0.15, 0.2) is 60.8 Å². The summed E-state index contributed by atoms with van der Waals surface area (Å²) in [5.41, 5.74) is 0. The second-order valence-electron chi connectivity index (χ2n) is 7.92. The summed E-state index contributed by atoms with van der Waals surface area (Å²) in [5.74, 6) is -0.130. The van der Waals surface area contributed by atoms with E-state index in [9.17, 15) is 4.79 Å². The maximum atomic E-state index is 11.3. The summed E-state index contributed by atoms with van der Waals surface area (Å²) in [6.45, 7) is 6.47. The molecule has 0 aromatic rings. The largest absolute Gasteiger partial charge is 0.465 e. The molecule has 0 aliphatic rings. The van der Waals surface area contributed by atoms with Crippen molar-refractivity contribution in [3.8, 4) is 0 Å². The quantitative estimate of drug-likeness (QED) is 0.120. The number of hydrogen-bond acceptors (Lipinski definition) is 2. The van der Waals surface area contributed by atoms with Crippen LogP contribution in [0.5, 0.6) is 0 Å². The Hall–Kier alpha value is -1.83. The van der Waals surface area contributed by atoms with Crippen molar-refractivity contribution in [1.82, 2.24) is 0 Å². The van der Waals surface area contributed by atoms with Crippen LogP contribution in [0.3, 0.4) is 0 Å². The number of carbonyl (C=O) groups is 1. The van der Waals surface area contributed by atoms with Gasteiger partial charge in [-0.2, -0.15) is 0 Å². The molecule has 0 saturated heterocycles. The highest BCUT2D eigenvalue weighted by molar-refractivity contribution is 5.71. The number of esters is 1. The van der Waals surface area contributed by atoms with E-state index in [1.165, 1.54) is 19.3 Å². The van der Waals surface area contributed by atoms with Crippen LogP contribution in [0, 0.1) is 5.92 Å². The molecule has 0 atom stereocenters. The van der Waals surface area contributed by atoms with E-state index in [1.807, 2.05) is 13.8 Å². The van der Waals surface area contributed by atoms with E-state index in [0.717, 1.165) is 57.8 Å². The second-order valence-corrected chi connectivity index (χ2v) is 7.92. The monoisotopic (exact) mass is 414 g/mol. The minimum atomic E-state index is -0.0999. The molecule has 0 aliphatic carbocycles. The molecule has 0 aromatic heterocycles. The lowest BCUT2D eigenvalue weighted by Gasteiger charge is -2.05. The molecule has 0 aliphatic heterocycles.